The van der Waals surface area contributed by atoms with Gasteiger partial charge in [-0.15, -0.1) is 0 Å². The van der Waals surface area contributed by atoms with Gasteiger partial charge < -0.3 is 30.7 Å². The Balaban J connectivity index is 2.28. The Morgan fingerprint density at radius 2 is 1.73 bits per heavy atom. The molecule has 2 rings (SSSR count). The summed E-state index contributed by atoms with van der Waals surface area (Å²) in [4.78, 5) is 63.6. The molecule has 1 heterocycles. The quantitative estimate of drug-likeness (QED) is 0.227. The summed E-state index contributed by atoms with van der Waals surface area (Å²) >= 11 is 0. The molecule has 1 fully saturated rings. The van der Waals surface area contributed by atoms with Gasteiger partial charge in [0.15, 0.2) is 0 Å². The Bertz CT molecular complexity index is 1070. The lowest BCUT2D eigenvalue weighted by Crippen LogP contribution is -2.53. The van der Waals surface area contributed by atoms with Crippen molar-refractivity contribution >= 4 is 29.8 Å². The molecule has 11 nitrogen and oxygen atoms in total. The number of alkyl carbamates (subject to hydrolysis) is 1. The lowest BCUT2D eigenvalue weighted by molar-refractivity contribution is -0.137. The molecule has 4 amide bonds. The number of esters is 1. The normalized spacial score (nSPS) is 17.5. The SMILES string of the molecule is CCOC(=O)/C=C/C(C[C@@H]1CCNC1=O)NC(=O)[C@@H](NC(=O)[C@@H](NC(=O)OC(C)(C)C)C(C)C)c1ccccc1. The second-order valence-corrected chi connectivity index (χ2v) is 11.0. The average Bonchev–Trinajstić information content (AvgIpc) is 3.27. The monoisotopic (exact) mass is 558 g/mol. The molecule has 1 unspecified atom stereocenters. The van der Waals surface area contributed by atoms with Crippen LogP contribution in [-0.4, -0.2) is 60.6 Å². The van der Waals surface area contributed by atoms with Crippen LogP contribution in [0.4, 0.5) is 4.79 Å². The van der Waals surface area contributed by atoms with Crippen molar-refractivity contribution in [2.24, 2.45) is 11.8 Å². The van der Waals surface area contributed by atoms with E-state index in [0.717, 1.165) is 0 Å². The number of hydrogen-bond acceptors (Lipinski definition) is 7. The molecule has 0 aromatic heterocycles. The molecule has 4 N–H and O–H groups in total. The van der Waals surface area contributed by atoms with E-state index in [1.54, 1.807) is 71.9 Å². The van der Waals surface area contributed by atoms with Gasteiger partial charge in [-0.1, -0.05) is 50.3 Å². The molecule has 0 radical (unpaired) electrons. The number of ether oxygens (including phenoxy) is 2. The van der Waals surface area contributed by atoms with Crippen molar-refractivity contribution in [3.8, 4) is 0 Å². The van der Waals surface area contributed by atoms with E-state index >= 15 is 0 Å². The number of carbonyl (C=O) groups excluding carboxylic acids is 5. The van der Waals surface area contributed by atoms with Crippen LogP contribution >= 0.6 is 0 Å². The smallest absolute Gasteiger partial charge is 0.408 e. The van der Waals surface area contributed by atoms with Crippen molar-refractivity contribution in [3.05, 3.63) is 48.0 Å². The first kappa shape index (κ1) is 32.3. The topological polar surface area (TPSA) is 152 Å². The van der Waals surface area contributed by atoms with Crippen molar-refractivity contribution in [3.63, 3.8) is 0 Å². The minimum absolute atomic E-state index is 0.121. The Hall–Kier alpha value is -3.89. The number of benzene rings is 1. The predicted molar refractivity (Wildman–Crippen MR) is 149 cm³/mol. The molecular weight excluding hydrogens is 516 g/mol. The highest BCUT2D eigenvalue weighted by molar-refractivity contribution is 5.92. The summed E-state index contributed by atoms with van der Waals surface area (Å²) in [6.45, 7) is 11.1. The van der Waals surface area contributed by atoms with Gasteiger partial charge >= 0.3 is 12.1 Å². The zero-order valence-corrected chi connectivity index (χ0v) is 24.1. The van der Waals surface area contributed by atoms with Crippen LogP contribution in [0.25, 0.3) is 0 Å². The molecular formula is C29H42N4O7. The van der Waals surface area contributed by atoms with Crippen LogP contribution in [0.1, 0.15) is 66.0 Å². The highest BCUT2D eigenvalue weighted by Crippen LogP contribution is 2.19. The first-order valence-electron chi connectivity index (χ1n) is 13.6. The number of amides is 4. The molecule has 40 heavy (non-hydrogen) atoms. The van der Waals surface area contributed by atoms with E-state index in [2.05, 4.69) is 21.3 Å². The molecule has 0 spiro atoms. The third-order valence-electron chi connectivity index (χ3n) is 6.08. The minimum Gasteiger partial charge on any atom is -0.463 e. The zero-order chi connectivity index (χ0) is 29.9. The van der Waals surface area contributed by atoms with Gasteiger partial charge in [-0.25, -0.2) is 9.59 Å². The Morgan fingerprint density at radius 3 is 2.27 bits per heavy atom. The fraction of sp³-hybridized carbons (Fsp3) is 0.552. The largest absolute Gasteiger partial charge is 0.463 e. The minimum atomic E-state index is -1.12. The second-order valence-electron chi connectivity index (χ2n) is 11.0. The molecule has 1 aromatic carbocycles. The van der Waals surface area contributed by atoms with E-state index in [9.17, 15) is 24.0 Å². The predicted octanol–water partition coefficient (Wildman–Crippen LogP) is 2.52. The van der Waals surface area contributed by atoms with Gasteiger partial charge in [-0.3, -0.25) is 14.4 Å². The second kappa shape index (κ2) is 15.0. The van der Waals surface area contributed by atoms with E-state index in [1.165, 1.54) is 12.2 Å². The number of hydrogen-bond donors (Lipinski definition) is 4. The maximum Gasteiger partial charge on any atom is 0.408 e. The molecule has 220 valence electrons. The summed E-state index contributed by atoms with van der Waals surface area (Å²) in [7, 11) is 0. The average molecular weight is 559 g/mol. The Morgan fingerprint density at radius 1 is 1.05 bits per heavy atom. The van der Waals surface area contributed by atoms with E-state index < -0.39 is 47.6 Å². The van der Waals surface area contributed by atoms with E-state index in [4.69, 9.17) is 9.47 Å². The van der Waals surface area contributed by atoms with Crippen LogP contribution in [0.2, 0.25) is 0 Å². The molecule has 4 atom stereocenters. The first-order valence-corrected chi connectivity index (χ1v) is 13.6. The summed E-state index contributed by atoms with van der Waals surface area (Å²) in [6.07, 6.45) is 2.83. The van der Waals surface area contributed by atoms with E-state index in [0.29, 0.717) is 18.5 Å². The van der Waals surface area contributed by atoms with Crippen molar-refractivity contribution in [2.45, 2.75) is 78.1 Å². The van der Waals surface area contributed by atoms with Crippen LogP contribution < -0.4 is 21.3 Å². The maximum atomic E-state index is 13.6. The molecule has 1 aliphatic heterocycles. The van der Waals surface area contributed by atoms with E-state index in [1.807, 2.05) is 0 Å². The molecule has 0 aliphatic carbocycles. The van der Waals surface area contributed by atoms with Gasteiger partial charge in [0.05, 0.1) is 6.61 Å². The Kier molecular flexibility index (Phi) is 12.2. The van der Waals surface area contributed by atoms with Gasteiger partial charge in [-0.2, -0.15) is 0 Å². The van der Waals surface area contributed by atoms with Crippen LogP contribution in [0, 0.1) is 11.8 Å². The van der Waals surface area contributed by atoms with Crippen molar-refractivity contribution < 1.29 is 33.4 Å². The molecule has 0 bridgehead atoms. The van der Waals surface area contributed by atoms with Crippen LogP contribution in [0.5, 0.6) is 0 Å². The summed E-state index contributed by atoms with van der Waals surface area (Å²) in [5.74, 6) is -2.46. The van der Waals surface area contributed by atoms with Crippen LogP contribution in [0.15, 0.2) is 42.5 Å². The van der Waals surface area contributed by atoms with Gasteiger partial charge in [-0.05, 0) is 52.0 Å². The summed E-state index contributed by atoms with van der Waals surface area (Å²) in [5.41, 5.74) is -0.239. The van der Waals surface area contributed by atoms with E-state index in [-0.39, 0.29) is 30.8 Å². The zero-order valence-electron chi connectivity index (χ0n) is 24.1. The summed E-state index contributed by atoms with van der Waals surface area (Å²) < 4.78 is 10.3. The fourth-order valence-corrected chi connectivity index (χ4v) is 4.16. The highest BCUT2D eigenvalue weighted by atomic mass is 16.6. The third-order valence-corrected chi connectivity index (χ3v) is 6.08. The number of carbonyl (C=O) groups is 5. The van der Waals surface area contributed by atoms with Gasteiger partial charge in [0.1, 0.15) is 17.7 Å². The van der Waals surface area contributed by atoms with Gasteiger partial charge in [0.2, 0.25) is 17.7 Å². The van der Waals surface area contributed by atoms with Crippen molar-refractivity contribution in [1.82, 2.24) is 21.3 Å². The van der Waals surface area contributed by atoms with Gasteiger partial charge in [0.25, 0.3) is 0 Å². The Labute approximate surface area is 235 Å². The highest BCUT2D eigenvalue weighted by Gasteiger charge is 2.33. The molecule has 0 saturated carbocycles. The van der Waals surface area contributed by atoms with Crippen LogP contribution in [-0.2, 0) is 28.7 Å². The summed E-state index contributed by atoms with van der Waals surface area (Å²) in [6, 6.07) is 5.87. The third kappa shape index (κ3) is 10.7. The lowest BCUT2D eigenvalue weighted by Gasteiger charge is -2.28. The van der Waals surface area contributed by atoms with Crippen LogP contribution in [0.3, 0.4) is 0 Å². The van der Waals surface area contributed by atoms with Crippen molar-refractivity contribution in [2.75, 3.05) is 13.2 Å². The molecule has 11 heteroatoms. The summed E-state index contributed by atoms with van der Waals surface area (Å²) in [5, 5.41) is 11.0. The molecule has 1 aliphatic rings. The molecule has 1 aromatic rings. The standard InChI is InChI=1S/C29H42N4O7/c1-7-39-22(34)14-13-21(17-20-15-16-30-25(20)35)31-27(37)24(19-11-9-8-10-12-19)32-26(36)23(18(2)3)33-28(38)40-29(4,5)6/h8-14,18,20-21,23-24H,7,15-17H2,1-6H3,(H,30,35)(H,31,37)(H,32,36)(H,33,38)/b14-13+/t20-,21?,23-,24-/m0/s1. The fourth-order valence-electron chi connectivity index (χ4n) is 4.16. The first-order chi connectivity index (χ1) is 18.8. The maximum absolute atomic E-state index is 13.6. The lowest BCUT2D eigenvalue weighted by atomic mass is 9.97. The number of rotatable bonds is 12. The van der Waals surface area contributed by atoms with Gasteiger partial charge in [0, 0.05) is 24.6 Å². The molecule has 1 saturated heterocycles. The van der Waals surface area contributed by atoms with Crippen molar-refractivity contribution in [1.29, 1.82) is 0 Å². The number of nitrogens with one attached hydrogen (secondary N) is 4.